The molecule has 1 aliphatic heterocycles. The Balaban J connectivity index is 1.85. The molecule has 0 radical (unpaired) electrons. The van der Waals surface area contributed by atoms with Crippen molar-refractivity contribution >= 4 is 21.9 Å². The average molecular weight is 441 g/mol. The minimum Gasteiger partial charge on any atom is -0.458 e. The Labute approximate surface area is 171 Å². The van der Waals surface area contributed by atoms with Gasteiger partial charge in [0, 0.05) is 12.1 Å². The van der Waals surface area contributed by atoms with Crippen LogP contribution in [0.3, 0.4) is 0 Å². The Morgan fingerprint density at radius 1 is 1.21 bits per heavy atom. The molecule has 3 heterocycles. The van der Waals surface area contributed by atoms with Crippen LogP contribution in [0.2, 0.25) is 0 Å². The highest BCUT2D eigenvalue weighted by molar-refractivity contribution is 9.10. The van der Waals surface area contributed by atoms with E-state index < -0.39 is 0 Å². The monoisotopic (exact) mass is 440 g/mol. The minimum absolute atomic E-state index is 0.137. The number of pyridine rings is 1. The molecular formula is C22H21BrN2O3. The largest absolute Gasteiger partial charge is 0.458 e. The van der Waals surface area contributed by atoms with Gasteiger partial charge in [-0.15, -0.1) is 0 Å². The van der Waals surface area contributed by atoms with Gasteiger partial charge in [-0.1, -0.05) is 30.3 Å². The normalized spacial score (nSPS) is 13.0. The number of halogens is 1. The number of benzene rings is 1. The number of rotatable bonds is 3. The van der Waals surface area contributed by atoms with Gasteiger partial charge in [0.15, 0.2) is 0 Å². The van der Waals surface area contributed by atoms with Gasteiger partial charge in [-0.05, 0) is 65.9 Å². The standard InChI is InChI=1S/C22H21BrN2O3/c1-13(2)28-22(27)20-17(23)12-18-19-15(9-6-10-25(18)20)11-16(21(26)24-19)14-7-4-3-5-8-14/h3-5,7-8,11-13H,6,9-10H2,1-2H3,(H,24,26). The quantitative estimate of drug-likeness (QED) is 0.595. The summed E-state index contributed by atoms with van der Waals surface area (Å²) in [5.41, 5.74) is 4.59. The zero-order valence-corrected chi connectivity index (χ0v) is 17.4. The highest BCUT2D eigenvalue weighted by Gasteiger charge is 2.26. The molecule has 1 aromatic carbocycles. The van der Waals surface area contributed by atoms with Gasteiger partial charge in [0.25, 0.3) is 5.56 Å². The van der Waals surface area contributed by atoms with Crippen LogP contribution in [0.1, 0.15) is 36.3 Å². The smallest absolute Gasteiger partial charge is 0.356 e. The van der Waals surface area contributed by atoms with Crippen molar-refractivity contribution in [3.8, 4) is 22.5 Å². The van der Waals surface area contributed by atoms with Crippen molar-refractivity contribution in [2.45, 2.75) is 39.3 Å². The molecule has 1 aliphatic rings. The number of aryl methyl sites for hydroxylation is 1. The first-order chi connectivity index (χ1) is 13.5. The first kappa shape index (κ1) is 18.7. The second-order valence-corrected chi connectivity index (χ2v) is 8.07. The van der Waals surface area contributed by atoms with Crippen molar-refractivity contribution in [1.82, 2.24) is 9.55 Å². The fraction of sp³-hybridized carbons (Fsp3) is 0.273. The predicted octanol–water partition coefficient (Wildman–Crippen LogP) is 4.78. The van der Waals surface area contributed by atoms with Gasteiger partial charge in [-0.2, -0.15) is 0 Å². The molecule has 0 spiro atoms. The van der Waals surface area contributed by atoms with Crippen LogP contribution in [-0.2, 0) is 17.7 Å². The lowest BCUT2D eigenvalue weighted by Crippen LogP contribution is -2.17. The maximum absolute atomic E-state index is 12.8. The molecule has 144 valence electrons. The number of aromatic amines is 1. The zero-order valence-electron chi connectivity index (χ0n) is 15.8. The molecule has 0 saturated carbocycles. The third-order valence-corrected chi connectivity index (χ3v) is 5.48. The lowest BCUT2D eigenvalue weighted by atomic mass is 10.0. The van der Waals surface area contributed by atoms with Gasteiger partial charge in [0.1, 0.15) is 5.69 Å². The van der Waals surface area contributed by atoms with Gasteiger partial charge in [0.2, 0.25) is 0 Å². The highest BCUT2D eigenvalue weighted by atomic mass is 79.9. The topological polar surface area (TPSA) is 64.1 Å². The number of carbonyl (C=O) groups is 1. The summed E-state index contributed by atoms with van der Waals surface area (Å²) in [7, 11) is 0. The summed E-state index contributed by atoms with van der Waals surface area (Å²) in [4.78, 5) is 28.5. The van der Waals surface area contributed by atoms with Crippen molar-refractivity contribution < 1.29 is 9.53 Å². The van der Waals surface area contributed by atoms with Crippen LogP contribution in [-0.4, -0.2) is 21.6 Å². The molecule has 0 bridgehead atoms. The Bertz CT molecular complexity index is 1100. The van der Waals surface area contributed by atoms with E-state index in [1.54, 1.807) is 0 Å². The van der Waals surface area contributed by atoms with E-state index in [0.29, 0.717) is 22.3 Å². The summed E-state index contributed by atoms with van der Waals surface area (Å²) in [6, 6.07) is 13.5. The molecule has 3 aromatic rings. The van der Waals surface area contributed by atoms with Crippen LogP contribution < -0.4 is 5.56 Å². The van der Waals surface area contributed by atoms with Gasteiger partial charge >= 0.3 is 5.97 Å². The van der Waals surface area contributed by atoms with Crippen LogP contribution >= 0.6 is 15.9 Å². The summed E-state index contributed by atoms with van der Waals surface area (Å²) in [6.45, 7) is 4.34. The van der Waals surface area contributed by atoms with Crippen molar-refractivity contribution in [1.29, 1.82) is 0 Å². The number of fused-ring (bicyclic) bond motifs is 3. The van der Waals surface area contributed by atoms with Crippen molar-refractivity contribution in [2.75, 3.05) is 0 Å². The third-order valence-electron chi connectivity index (χ3n) is 4.88. The van der Waals surface area contributed by atoms with Crippen LogP contribution in [0.15, 0.2) is 51.7 Å². The van der Waals surface area contributed by atoms with E-state index in [-0.39, 0.29) is 17.6 Å². The maximum atomic E-state index is 12.8. The zero-order chi connectivity index (χ0) is 19.8. The molecule has 0 saturated heterocycles. The summed E-state index contributed by atoms with van der Waals surface area (Å²) < 4.78 is 8.03. The van der Waals surface area contributed by atoms with Crippen LogP contribution in [0, 0.1) is 0 Å². The Morgan fingerprint density at radius 3 is 2.68 bits per heavy atom. The number of H-pyrrole nitrogens is 1. The van der Waals surface area contributed by atoms with E-state index in [2.05, 4.69) is 20.9 Å². The molecule has 0 amide bonds. The number of hydrogen-bond acceptors (Lipinski definition) is 3. The molecule has 5 nitrogen and oxygen atoms in total. The van der Waals surface area contributed by atoms with E-state index in [0.717, 1.165) is 35.4 Å². The van der Waals surface area contributed by atoms with Crippen molar-refractivity contribution in [3.05, 3.63) is 68.5 Å². The summed E-state index contributed by atoms with van der Waals surface area (Å²) >= 11 is 3.50. The second kappa shape index (κ2) is 7.43. The van der Waals surface area contributed by atoms with E-state index in [9.17, 15) is 9.59 Å². The van der Waals surface area contributed by atoms with Gasteiger partial charge in [0.05, 0.1) is 22.0 Å². The summed E-state index contributed by atoms with van der Waals surface area (Å²) in [5.74, 6) is -0.361. The average Bonchev–Trinajstić information content (AvgIpc) is 2.89. The maximum Gasteiger partial charge on any atom is 0.356 e. The van der Waals surface area contributed by atoms with Gasteiger partial charge in [-0.3, -0.25) is 4.79 Å². The summed E-state index contributed by atoms with van der Waals surface area (Å²) in [6.07, 6.45) is 1.49. The Hall–Kier alpha value is -2.60. The summed E-state index contributed by atoms with van der Waals surface area (Å²) in [5, 5.41) is 0. The first-order valence-corrected chi connectivity index (χ1v) is 10.2. The molecule has 1 N–H and O–H groups in total. The second-order valence-electron chi connectivity index (χ2n) is 7.21. The Morgan fingerprint density at radius 2 is 1.96 bits per heavy atom. The van der Waals surface area contributed by atoms with Crippen LogP contribution in [0.4, 0.5) is 0 Å². The predicted molar refractivity (Wildman–Crippen MR) is 112 cm³/mol. The van der Waals surface area contributed by atoms with E-state index in [1.165, 1.54) is 0 Å². The number of carbonyl (C=O) groups excluding carboxylic acids is 1. The third kappa shape index (κ3) is 3.33. The first-order valence-electron chi connectivity index (χ1n) is 9.37. The number of nitrogens with zero attached hydrogens (tertiary/aromatic N) is 1. The number of aromatic nitrogens is 2. The molecular weight excluding hydrogens is 420 g/mol. The Kier molecular flexibility index (Phi) is 4.98. The fourth-order valence-corrected chi connectivity index (χ4v) is 4.28. The number of esters is 1. The highest BCUT2D eigenvalue weighted by Crippen LogP contribution is 2.34. The van der Waals surface area contributed by atoms with Crippen molar-refractivity contribution in [2.24, 2.45) is 0 Å². The molecule has 0 aliphatic carbocycles. The van der Waals surface area contributed by atoms with Gasteiger partial charge < -0.3 is 14.3 Å². The molecule has 0 fully saturated rings. The molecule has 2 aromatic heterocycles. The molecule has 0 unspecified atom stereocenters. The van der Waals surface area contributed by atoms with Gasteiger partial charge in [-0.25, -0.2) is 4.79 Å². The van der Waals surface area contributed by atoms with Crippen LogP contribution in [0.25, 0.3) is 22.5 Å². The minimum atomic E-state index is -0.361. The number of nitrogens with one attached hydrogen (secondary N) is 1. The molecule has 0 atom stereocenters. The van der Waals surface area contributed by atoms with E-state index >= 15 is 0 Å². The lowest BCUT2D eigenvalue weighted by Gasteiger charge is -2.13. The molecule has 6 heteroatoms. The molecule has 28 heavy (non-hydrogen) atoms. The van der Waals surface area contributed by atoms with Crippen molar-refractivity contribution in [3.63, 3.8) is 0 Å². The van der Waals surface area contributed by atoms with Crippen LogP contribution in [0.5, 0.6) is 0 Å². The number of ether oxygens (including phenoxy) is 1. The lowest BCUT2D eigenvalue weighted by molar-refractivity contribution is 0.0364. The SMILES string of the molecule is CC(C)OC(=O)c1c(Br)cc2n1CCCc1cc(-c3ccccc3)c(=O)[nH]c1-2. The van der Waals surface area contributed by atoms with E-state index in [4.69, 9.17) is 4.74 Å². The number of hydrogen-bond donors (Lipinski definition) is 1. The fourth-order valence-electron chi connectivity index (χ4n) is 3.69. The van der Waals surface area contributed by atoms with E-state index in [1.807, 2.05) is 60.9 Å². The molecule has 4 rings (SSSR count).